The summed E-state index contributed by atoms with van der Waals surface area (Å²) < 4.78 is 42.1. The molecule has 0 saturated carbocycles. The summed E-state index contributed by atoms with van der Waals surface area (Å²) >= 11 is 0. The lowest BCUT2D eigenvalue weighted by Crippen LogP contribution is -2.35. The largest absolute Gasteiger partial charge is 0.394 e. The lowest BCUT2D eigenvalue weighted by atomic mass is 10.1. The van der Waals surface area contributed by atoms with Crippen LogP contribution >= 0.6 is 0 Å². The van der Waals surface area contributed by atoms with Crippen molar-refractivity contribution in [3.63, 3.8) is 0 Å². The van der Waals surface area contributed by atoms with Crippen LogP contribution in [-0.2, 0) is 19.9 Å². The quantitative estimate of drug-likeness (QED) is 0.262. The van der Waals surface area contributed by atoms with Crippen molar-refractivity contribution >= 4 is 10.4 Å². The second-order valence-electron chi connectivity index (χ2n) is 5.25. The van der Waals surface area contributed by atoms with E-state index in [1.54, 1.807) is 0 Å². The SMILES string of the molecule is CCCCCCCCCCC(O)(OCC)OCC.O=S(=O)(O)O. The van der Waals surface area contributed by atoms with Crippen LogP contribution in [0.4, 0.5) is 0 Å². The molecule has 7 nitrogen and oxygen atoms in total. The van der Waals surface area contributed by atoms with Crippen molar-refractivity contribution in [2.45, 2.75) is 84.5 Å². The molecule has 0 amide bonds. The lowest BCUT2D eigenvalue weighted by molar-refractivity contribution is -0.360. The van der Waals surface area contributed by atoms with Crippen molar-refractivity contribution in [3.05, 3.63) is 0 Å². The molecule has 0 radical (unpaired) electrons. The van der Waals surface area contributed by atoms with E-state index in [1.165, 1.54) is 38.5 Å². The number of hydrogen-bond donors (Lipinski definition) is 3. The number of unbranched alkanes of at least 4 members (excludes halogenated alkanes) is 7. The molecule has 23 heavy (non-hydrogen) atoms. The summed E-state index contributed by atoms with van der Waals surface area (Å²) in [6.45, 7) is 6.94. The molecule has 0 saturated heterocycles. The molecule has 0 fully saturated rings. The molecule has 8 heteroatoms. The first-order chi connectivity index (χ1) is 10.7. The van der Waals surface area contributed by atoms with E-state index in [4.69, 9.17) is 27.0 Å². The zero-order valence-electron chi connectivity index (χ0n) is 14.7. The first kappa shape index (κ1) is 25.0. The lowest BCUT2D eigenvalue weighted by Gasteiger charge is -2.26. The Kier molecular flexibility index (Phi) is 16.6. The Bertz CT molecular complexity index is 330. The first-order valence-corrected chi connectivity index (χ1v) is 9.78. The molecule has 0 spiro atoms. The molecule has 0 bridgehead atoms. The molecule has 0 rings (SSSR count). The van der Waals surface area contributed by atoms with Crippen molar-refractivity contribution < 1.29 is 32.1 Å². The third-order valence-corrected chi connectivity index (χ3v) is 3.09. The molecule has 0 atom stereocenters. The molecule has 0 aliphatic rings. The molecule has 0 aliphatic heterocycles. The maximum Gasteiger partial charge on any atom is 0.394 e. The minimum Gasteiger partial charge on any atom is -0.343 e. The summed E-state index contributed by atoms with van der Waals surface area (Å²) in [7, 11) is -4.67. The summed E-state index contributed by atoms with van der Waals surface area (Å²) in [5, 5.41) is 10.0. The van der Waals surface area contributed by atoms with E-state index in [-0.39, 0.29) is 0 Å². The van der Waals surface area contributed by atoms with Crippen molar-refractivity contribution in [3.8, 4) is 0 Å². The summed E-state index contributed by atoms with van der Waals surface area (Å²) in [4.78, 5) is 0. The normalized spacial score (nSPS) is 11.9. The van der Waals surface area contributed by atoms with Gasteiger partial charge in [-0.15, -0.1) is 0 Å². The predicted octanol–water partition coefficient (Wildman–Crippen LogP) is 3.58. The monoisotopic (exact) mass is 358 g/mol. The Morgan fingerprint density at radius 1 is 0.783 bits per heavy atom. The number of ether oxygens (including phenoxy) is 2. The van der Waals surface area contributed by atoms with Crippen LogP contribution in [0.5, 0.6) is 0 Å². The van der Waals surface area contributed by atoms with Crippen LogP contribution in [0.2, 0.25) is 0 Å². The number of rotatable bonds is 13. The van der Waals surface area contributed by atoms with Gasteiger partial charge in [-0.2, -0.15) is 8.42 Å². The Labute approximate surface area is 141 Å². The molecule has 142 valence electrons. The Morgan fingerprint density at radius 2 is 1.13 bits per heavy atom. The van der Waals surface area contributed by atoms with E-state index in [1.807, 2.05) is 13.8 Å². The average Bonchev–Trinajstić information content (AvgIpc) is 2.40. The molecule has 0 unspecified atom stereocenters. The van der Waals surface area contributed by atoms with Crippen LogP contribution in [0, 0.1) is 0 Å². The Balaban J connectivity index is 0. The molecular weight excluding hydrogens is 324 g/mol. The number of aliphatic hydroxyl groups is 1. The molecule has 0 heterocycles. The van der Waals surface area contributed by atoms with Gasteiger partial charge in [0.05, 0.1) is 0 Å². The average molecular weight is 358 g/mol. The Morgan fingerprint density at radius 3 is 1.48 bits per heavy atom. The highest BCUT2D eigenvalue weighted by molar-refractivity contribution is 7.79. The third-order valence-electron chi connectivity index (χ3n) is 3.09. The zero-order chi connectivity index (χ0) is 18.2. The van der Waals surface area contributed by atoms with Gasteiger partial charge in [-0.3, -0.25) is 9.11 Å². The fourth-order valence-electron chi connectivity index (χ4n) is 2.12. The van der Waals surface area contributed by atoms with Gasteiger partial charge in [0.1, 0.15) is 0 Å². The van der Waals surface area contributed by atoms with Gasteiger partial charge in [-0.1, -0.05) is 51.9 Å². The van der Waals surface area contributed by atoms with Crippen molar-refractivity contribution in [1.82, 2.24) is 0 Å². The van der Waals surface area contributed by atoms with Crippen LogP contribution in [0.15, 0.2) is 0 Å². The van der Waals surface area contributed by atoms with Crippen LogP contribution in [-0.4, -0.2) is 41.8 Å². The van der Waals surface area contributed by atoms with Gasteiger partial charge in [0.15, 0.2) is 0 Å². The topological polar surface area (TPSA) is 113 Å². The maximum atomic E-state index is 10.0. The molecule has 0 aromatic rings. The van der Waals surface area contributed by atoms with Crippen molar-refractivity contribution in [1.29, 1.82) is 0 Å². The van der Waals surface area contributed by atoms with E-state index >= 15 is 0 Å². The van der Waals surface area contributed by atoms with Crippen LogP contribution in [0.1, 0.15) is 78.6 Å². The van der Waals surface area contributed by atoms with E-state index in [9.17, 15) is 5.11 Å². The fourth-order valence-corrected chi connectivity index (χ4v) is 2.12. The van der Waals surface area contributed by atoms with Gasteiger partial charge >= 0.3 is 10.4 Å². The van der Waals surface area contributed by atoms with Crippen LogP contribution in [0.3, 0.4) is 0 Å². The summed E-state index contributed by atoms with van der Waals surface area (Å²) in [6, 6.07) is 0. The fraction of sp³-hybridized carbons (Fsp3) is 1.00. The van der Waals surface area contributed by atoms with Gasteiger partial charge < -0.3 is 14.6 Å². The van der Waals surface area contributed by atoms with E-state index in [0.29, 0.717) is 19.6 Å². The smallest absolute Gasteiger partial charge is 0.343 e. The first-order valence-electron chi connectivity index (χ1n) is 8.38. The Hall–Kier alpha value is -0.250. The molecule has 0 aliphatic carbocycles. The van der Waals surface area contributed by atoms with Crippen molar-refractivity contribution in [2.24, 2.45) is 0 Å². The highest BCUT2D eigenvalue weighted by atomic mass is 32.3. The van der Waals surface area contributed by atoms with Crippen molar-refractivity contribution in [2.75, 3.05) is 13.2 Å². The van der Waals surface area contributed by atoms with Gasteiger partial charge in [-0.25, -0.2) is 0 Å². The summed E-state index contributed by atoms with van der Waals surface area (Å²) in [6.07, 6.45) is 10.6. The number of hydrogen-bond acceptors (Lipinski definition) is 5. The van der Waals surface area contributed by atoms with E-state index < -0.39 is 16.4 Å². The van der Waals surface area contributed by atoms with Gasteiger partial charge in [0.2, 0.25) is 0 Å². The second-order valence-corrected chi connectivity index (χ2v) is 6.15. The highest BCUT2D eigenvalue weighted by Crippen LogP contribution is 2.19. The maximum absolute atomic E-state index is 10.0. The van der Waals surface area contributed by atoms with Gasteiger partial charge in [0.25, 0.3) is 5.97 Å². The minimum atomic E-state index is -4.67. The van der Waals surface area contributed by atoms with Gasteiger partial charge in [-0.05, 0) is 20.3 Å². The zero-order valence-corrected chi connectivity index (χ0v) is 15.5. The van der Waals surface area contributed by atoms with Gasteiger partial charge in [0, 0.05) is 19.6 Å². The highest BCUT2D eigenvalue weighted by Gasteiger charge is 2.26. The van der Waals surface area contributed by atoms with Crippen LogP contribution in [0.25, 0.3) is 0 Å². The summed E-state index contributed by atoms with van der Waals surface area (Å²) in [5.74, 6) is -1.36. The van der Waals surface area contributed by atoms with E-state index in [0.717, 1.165) is 12.8 Å². The molecule has 0 aromatic carbocycles. The predicted molar refractivity (Wildman–Crippen MR) is 89.6 cm³/mol. The summed E-state index contributed by atoms with van der Waals surface area (Å²) in [5.41, 5.74) is 0. The third kappa shape index (κ3) is 24.1. The van der Waals surface area contributed by atoms with E-state index in [2.05, 4.69) is 6.92 Å². The minimum absolute atomic E-state index is 0.480. The van der Waals surface area contributed by atoms with Crippen LogP contribution < -0.4 is 0 Å². The molecule has 3 N–H and O–H groups in total. The second kappa shape index (κ2) is 15.3. The standard InChI is InChI=1S/C15H32O3.H2O4S/c1-4-7-8-9-10-11-12-13-14-15(16,17-5-2)18-6-3;1-5(2,3)4/h16H,4-14H2,1-3H3;(H2,1,2,3,4). The molecule has 0 aromatic heterocycles. The molecular formula is C15H34O7S.